The largest absolute Gasteiger partial charge is 0.495 e. The molecule has 0 bridgehead atoms. The zero-order chi connectivity index (χ0) is 16.4. The lowest BCUT2D eigenvalue weighted by Gasteiger charge is -2.35. The molecule has 0 spiro atoms. The van der Waals surface area contributed by atoms with Gasteiger partial charge in [0, 0.05) is 32.7 Å². The Kier molecular flexibility index (Phi) is 4.91. The Morgan fingerprint density at radius 3 is 2.48 bits per heavy atom. The molecular formula is C16H24N2O4S. The van der Waals surface area contributed by atoms with Crippen molar-refractivity contribution in [3.8, 4) is 5.75 Å². The van der Waals surface area contributed by atoms with Gasteiger partial charge in [-0.1, -0.05) is 12.1 Å². The third-order valence-electron chi connectivity index (χ3n) is 4.63. The van der Waals surface area contributed by atoms with Crippen LogP contribution in [0.4, 0.5) is 0 Å². The predicted molar refractivity (Wildman–Crippen MR) is 86.9 cm³/mol. The van der Waals surface area contributed by atoms with Crippen LogP contribution in [-0.4, -0.2) is 68.7 Å². The number of rotatable bonds is 6. The fourth-order valence-corrected chi connectivity index (χ4v) is 4.60. The molecule has 6 nitrogen and oxygen atoms in total. The van der Waals surface area contributed by atoms with Crippen molar-refractivity contribution < 1.29 is 18.3 Å². The maximum atomic E-state index is 12.8. The average molecular weight is 340 g/mol. The number of β-amino-alcohol motifs (C(OH)–C–C–N with tert-alkyl or cyclic N) is 1. The fourth-order valence-electron chi connectivity index (χ4n) is 3.02. The van der Waals surface area contributed by atoms with Crippen molar-refractivity contribution >= 4 is 10.0 Å². The second kappa shape index (κ2) is 6.76. The van der Waals surface area contributed by atoms with E-state index >= 15 is 0 Å². The zero-order valence-electron chi connectivity index (χ0n) is 13.4. The SMILES string of the molecule is COc1ccccc1S(=O)(=O)N1CCN(CC(O)C2CC2)CC1. The monoisotopic (exact) mass is 340 g/mol. The molecule has 3 rings (SSSR count). The van der Waals surface area contributed by atoms with Gasteiger partial charge in [-0.05, 0) is 30.9 Å². The fraction of sp³-hybridized carbons (Fsp3) is 0.625. The predicted octanol–water partition coefficient (Wildman–Crippen LogP) is 0.772. The number of hydrogen-bond acceptors (Lipinski definition) is 5. The number of para-hydroxylation sites is 1. The lowest BCUT2D eigenvalue weighted by atomic mass is 10.2. The second-order valence-corrected chi connectivity index (χ2v) is 8.17. The topological polar surface area (TPSA) is 70.1 Å². The highest BCUT2D eigenvalue weighted by Gasteiger charge is 2.34. The molecule has 2 fully saturated rings. The first-order valence-electron chi connectivity index (χ1n) is 8.06. The van der Waals surface area contributed by atoms with Crippen molar-refractivity contribution in [2.24, 2.45) is 5.92 Å². The van der Waals surface area contributed by atoms with Gasteiger partial charge in [-0.2, -0.15) is 4.31 Å². The number of hydrogen-bond donors (Lipinski definition) is 1. The molecule has 7 heteroatoms. The Balaban J connectivity index is 1.64. The highest BCUT2D eigenvalue weighted by molar-refractivity contribution is 7.89. The van der Waals surface area contributed by atoms with E-state index in [0.29, 0.717) is 44.4 Å². The van der Waals surface area contributed by atoms with E-state index < -0.39 is 10.0 Å². The normalized spacial score (nSPS) is 22.0. The van der Waals surface area contributed by atoms with E-state index in [-0.39, 0.29) is 11.0 Å². The number of sulfonamides is 1. The van der Waals surface area contributed by atoms with Crippen LogP contribution in [0.3, 0.4) is 0 Å². The Morgan fingerprint density at radius 1 is 1.22 bits per heavy atom. The molecule has 2 aliphatic rings. The van der Waals surface area contributed by atoms with Crippen molar-refractivity contribution in [1.82, 2.24) is 9.21 Å². The van der Waals surface area contributed by atoms with E-state index in [1.807, 2.05) is 0 Å². The molecule has 1 saturated carbocycles. The van der Waals surface area contributed by atoms with Crippen LogP contribution in [0.5, 0.6) is 5.75 Å². The minimum Gasteiger partial charge on any atom is -0.495 e. The Labute approximate surface area is 137 Å². The van der Waals surface area contributed by atoms with Crippen molar-refractivity contribution in [2.45, 2.75) is 23.8 Å². The van der Waals surface area contributed by atoms with Gasteiger partial charge in [0.15, 0.2) is 0 Å². The molecular weight excluding hydrogens is 316 g/mol. The minimum atomic E-state index is -3.54. The number of benzene rings is 1. The van der Waals surface area contributed by atoms with E-state index in [9.17, 15) is 13.5 Å². The molecule has 1 aromatic carbocycles. The van der Waals surface area contributed by atoms with Crippen LogP contribution in [0.1, 0.15) is 12.8 Å². The summed E-state index contributed by atoms with van der Waals surface area (Å²) in [5.74, 6) is 0.824. The van der Waals surface area contributed by atoms with Crippen LogP contribution in [0, 0.1) is 5.92 Å². The van der Waals surface area contributed by atoms with E-state index in [1.54, 1.807) is 24.3 Å². The Bertz CT molecular complexity index is 637. The number of ether oxygens (including phenoxy) is 1. The van der Waals surface area contributed by atoms with Gasteiger partial charge in [-0.25, -0.2) is 8.42 Å². The smallest absolute Gasteiger partial charge is 0.246 e. The molecule has 1 aliphatic heterocycles. The molecule has 1 heterocycles. The second-order valence-electron chi connectivity index (χ2n) is 6.26. The van der Waals surface area contributed by atoms with Crippen molar-refractivity contribution in [2.75, 3.05) is 39.8 Å². The van der Waals surface area contributed by atoms with Crippen LogP contribution in [0.25, 0.3) is 0 Å². The lowest BCUT2D eigenvalue weighted by molar-refractivity contribution is 0.0781. The lowest BCUT2D eigenvalue weighted by Crippen LogP contribution is -2.50. The molecule has 23 heavy (non-hydrogen) atoms. The third-order valence-corrected chi connectivity index (χ3v) is 6.57. The van der Waals surface area contributed by atoms with Gasteiger partial charge in [-0.3, -0.25) is 4.90 Å². The first kappa shape index (κ1) is 16.7. The summed E-state index contributed by atoms with van der Waals surface area (Å²) in [6, 6.07) is 6.71. The quantitative estimate of drug-likeness (QED) is 0.828. The zero-order valence-corrected chi connectivity index (χ0v) is 14.2. The number of methoxy groups -OCH3 is 1. The van der Waals surface area contributed by atoms with Crippen molar-refractivity contribution in [1.29, 1.82) is 0 Å². The van der Waals surface area contributed by atoms with E-state index in [2.05, 4.69) is 4.90 Å². The Morgan fingerprint density at radius 2 is 1.87 bits per heavy atom. The molecule has 128 valence electrons. The van der Waals surface area contributed by atoms with E-state index in [1.165, 1.54) is 11.4 Å². The number of nitrogens with zero attached hydrogens (tertiary/aromatic N) is 2. The van der Waals surface area contributed by atoms with Gasteiger partial charge >= 0.3 is 0 Å². The molecule has 0 radical (unpaired) electrons. The van der Waals surface area contributed by atoms with Crippen molar-refractivity contribution in [3.05, 3.63) is 24.3 Å². The summed E-state index contributed by atoms with van der Waals surface area (Å²) in [7, 11) is -2.06. The first-order chi connectivity index (χ1) is 11.0. The van der Waals surface area contributed by atoms with Gasteiger partial charge in [0.1, 0.15) is 10.6 Å². The molecule has 1 saturated heterocycles. The van der Waals surface area contributed by atoms with E-state index in [0.717, 1.165) is 12.8 Å². The summed E-state index contributed by atoms with van der Waals surface area (Å²) in [4.78, 5) is 2.37. The molecule has 1 atom stereocenters. The van der Waals surface area contributed by atoms with Gasteiger partial charge in [0.25, 0.3) is 0 Å². The molecule has 1 N–H and O–H groups in total. The van der Waals surface area contributed by atoms with Crippen LogP contribution >= 0.6 is 0 Å². The average Bonchev–Trinajstić information content (AvgIpc) is 3.40. The Hall–Kier alpha value is -1.15. The molecule has 0 amide bonds. The summed E-state index contributed by atoms with van der Waals surface area (Å²) in [6.45, 7) is 2.83. The van der Waals surface area contributed by atoms with Gasteiger partial charge in [0.2, 0.25) is 10.0 Å². The van der Waals surface area contributed by atoms with Crippen LogP contribution in [0.15, 0.2) is 29.2 Å². The van der Waals surface area contributed by atoms with Crippen molar-refractivity contribution in [3.63, 3.8) is 0 Å². The highest BCUT2D eigenvalue weighted by atomic mass is 32.2. The van der Waals surface area contributed by atoms with Gasteiger partial charge in [-0.15, -0.1) is 0 Å². The highest BCUT2D eigenvalue weighted by Crippen LogP contribution is 2.33. The number of aliphatic hydroxyl groups is 1. The van der Waals surface area contributed by atoms with Gasteiger partial charge in [0.05, 0.1) is 13.2 Å². The number of piperazine rings is 1. The number of aliphatic hydroxyl groups excluding tert-OH is 1. The van der Waals surface area contributed by atoms with Crippen LogP contribution < -0.4 is 4.74 Å². The molecule has 0 aromatic heterocycles. The van der Waals surface area contributed by atoms with Gasteiger partial charge < -0.3 is 9.84 Å². The third kappa shape index (κ3) is 3.68. The summed E-state index contributed by atoms with van der Waals surface area (Å²) >= 11 is 0. The maximum absolute atomic E-state index is 12.8. The molecule has 1 aliphatic carbocycles. The van der Waals surface area contributed by atoms with Crippen LogP contribution in [0.2, 0.25) is 0 Å². The summed E-state index contributed by atoms with van der Waals surface area (Å²) in [5, 5.41) is 10.0. The van der Waals surface area contributed by atoms with E-state index in [4.69, 9.17) is 4.74 Å². The molecule has 1 unspecified atom stereocenters. The first-order valence-corrected chi connectivity index (χ1v) is 9.50. The maximum Gasteiger partial charge on any atom is 0.246 e. The summed E-state index contributed by atoms with van der Waals surface area (Å²) in [6.07, 6.45) is 1.96. The van der Waals surface area contributed by atoms with Crippen LogP contribution in [-0.2, 0) is 10.0 Å². The molecule has 1 aromatic rings. The standard InChI is InChI=1S/C16H24N2O4S/c1-22-15-4-2-3-5-16(15)23(20,21)18-10-8-17(9-11-18)12-14(19)13-6-7-13/h2-5,13-14,19H,6-12H2,1H3. The minimum absolute atomic E-state index is 0.217. The summed E-state index contributed by atoms with van der Waals surface area (Å²) < 4.78 is 32.3. The summed E-state index contributed by atoms with van der Waals surface area (Å²) in [5.41, 5.74) is 0.